The second-order valence-electron chi connectivity index (χ2n) is 17.8. The van der Waals surface area contributed by atoms with Gasteiger partial charge in [-0.1, -0.05) is 146 Å². The van der Waals surface area contributed by atoms with E-state index in [0.29, 0.717) is 0 Å². The Bertz CT molecular complexity index is 2140. The van der Waals surface area contributed by atoms with Gasteiger partial charge in [0.2, 0.25) is 0 Å². The summed E-state index contributed by atoms with van der Waals surface area (Å²) in [6.45, 7) is 4.00. The number of hydrogen-bond donors (Lipinski definition) is 0. The van der Waals surface area contributed by atoms with Crippen molar-refractivity contribution in [3.8, 4) is 0 Å². The van der Waals surface area contributed by atoms with Gasteiger partial charge in [0.25, 0.3) is 0 Å². The minimum absolute atomic E-state index is 0. The monoisotopic (exact) mass is 1240 g/mol. The van der Waals surface area contributed by atoms with E-state index < -0.39 is 31.7 Å². The van der Waals surface area contributed by atoms with Crippen LogP contribution >= 0.6 is 31.7 Å². The van der Waals surface area contributed by atoms with Crippen molar-refractivity contribution in [3.63, 3.8) is 0 Å². The van der Waals surface area contributed by atoms with E-state index in [1.165, 1.54) is 68.1 Å². The van der Waals surface area contributed by atoms with Gasteiger partial charge in [-0.05, 0) is 137 Å². The fraction of sp³-hybridized carbons (Fsp3) is 0.226. The van der Waals surface area contributed by atoms with Crippen LogP contribution in [0.2, 0.25) is 0 Å². The van der Waals surface area contributed by atoms with Crippen LogP contribution in [0.15, 0.2) is 243 Å². The fourth-order valence-electron chi connectivity index (χ4n) is 8.72. The van der Waals surface area contributed by atoms with Crippen LogP contribution in [0.1, 0.15) is 25.7 Å². The molecule has 0 unspecified atom stereocenters. The van der Waals surface area contributed by atoms with E-state index in [1.54, 1.807) is 0 Å². The zero-order valence-corrected chi connectivity index (χ0v) is 50.4. The molecule has 0 bridgehead atoms. The molecule has 13 heteroatoms. The summed E-state index contributed by atoms with van der Waals surface area (Å²) in [5.74, 6) is 0. The second kappa shape index (κ2) is 38.4. The summed E-state index contributed by atoms with van der Waals surface area (Å²) in [7, 11) is 1.14. The fourth-order valence-corrected chi connectivity index (χ4v) is 19.3. The summed E-state index contributed by atoms with van der Waals surface area (Å²) in [6, 6.07) is 88.5. The van der Waals surface area contributed by atoms with Crippen LogP contribution in [0.3, 0.4) is 0 Å². The first-order valence-electron chi connectivity index (χ1n) is 25.4. The maximum absolute atomic E-state index is 6.00. The van der Waals surface area contributed by atoms with Gasteiger partial charge in [-0.25, -0.2) is 9.80 Å². The van der Waals surface area contributed by atoms with Crippen molar-refractivity contribution in [2.45, 2.75) is 25.7 Å². The predicted molar refractivity (Wildman–Crippen MR) is 324 cm³/mol. The van der Waals surface area contributed by atoms with Gasteiger partial charge in [0.05, 0.1) is 74.1 Å². The van der Waals surface area contributed by atoms with E-state index in [1.807, 2.05) is 0 Å². The first-order chi connectivity index (χ1) is 36.6. The van der Waals surface area contributed by atoms with Gasteiger partial charge in [0, 0.05) is 69.1 Å². The molecule has 386 valence electrons. The zero-order valence-electron chi connectivity index (χ0n) is 43.5. The number of hydrogen-bond acceptors (Lipinski definition) is 8. The summed E-state index contributed by atoms with van der Waals surface area (Å²) in [5, 5.41) is 35.8. The molecular formula is C62H74N6O2P4W+4. The topological polar surface area (TPSA) is 120 Å². The number of rotatable bonds is 16. The Kier molecular flexibility index (Phi) is 31.9. The first-order valence-corrected chi connectivity index (χ1v) is 32.2. The zero-order chi connectivity index (χ0) is 52.3. The predicted octanol–water partition coefficient (Wildman–Crippen LogP) is 10.8. The van der Waals surface area contributed by atoms with E-state index >= 15 is 0 Å². The Morgan fingerprint density at radius 1 is 0.280 bits per heavy atom. The average Bonchev–Trinajstić information content (AvgIpc) is 4.30. The molecule has 2 aliphatic rings. The van der Waals surface area contributed by atoms with Crippen LogP contribution in [0.4, 0.5) is 0 Å². The van der Waals surface area contributed by atoms with Crippen molar-refractivity contribution in [1.82, 2.24) is 9.80 Å². The van der Waals surface area contributed by atoms with Crippen LogP contribution in [0, 0.1) is 21.6 Å². The second-order valence-corrected chi connectivity index (χ2v) is 27.5. The van der Waals surface area contributed by atoms with Crippen molar-refractivity contribution < 1.29 is 30.5 Å². The van der Waals surface area contributed by atoms with E-state index in [-0.39, 0.29) is 21.1 Å². The third-order valence-electron chi connectivity index (χ3n) is 12.3. The van der Waals surface area contributed by atoms with E-state index in [4.69, 9.17) is 31.0 Å². The van der Waals surface area contributed by atoms with Crippen molar-refractivity contribution in [2.24, 2.45) is 0 Å². The Balaban J connectivity index is 0.000000255. The van der Waals surface area contributed by atoms with Gasteiger partial charge in [-0.2, -0.15) is 0 Å². The van der Waals surface area contributed by atoms with Crippen LogP contribution in [0.25, 0.3) is 0 Å². The Hall–Kier alpha value is -5.15. The van der Waals surface area contributed by atoms with Crippen LogP contribution in [-0.2, 0) is 30.5 Å². The number of nitrogens with zero attached hydrogens (tertiary/aromatic N) is 6. The molecule has 0 atom stereocenters. The summed E-state index contributed by atoms with van der Waals surface area (Å²) in [4.78, 5) is 5.14. The molecule has 2 heterocycles. The van der Waals surface area contributed by atoms with Crippen molar-refractivity contribution in [2.75, 3.05) is 65.7 Å². The third kappa shape index (κ3) is 22.5. The molecule has 0 radical (unpaired) electrons. The Morgan fingerprint density at radius 2 is 0.413 bits per heavy atom. The minimum atomic E-state index is -0.865. The van der Waals surface area contributed by atoms with Crippen molar-refractivity contribution in [3.05, 3.63) is 243 Å². The number of ether oxygens (including phenoxy) is 2. The van der Waals surface area contributed by atoms with Crippen LogP contribution in [0.5, 0.6) is 0 Å². The SMILES string of the molecule is C1CCOC1.C1CCOC1.CN(C[PH+](c1ccccc1)c1ccccc1)C[PH+](c1ccccc1)c1ccccc1.CN(C[PH+](c1ccccc1)c1ccccc1)C[PH+](c1ccccc1)c1ccccc1.N#N.N#N.[W]. The largest absolute Gasteiger partial charge is 0.381 e. The number of benzene rings is 8. The van der Waals surface area contributed by atoms with Gasteiger partial charge in [0.15, 0.2) is 0 Å². The molecule has 0 aromatic heterocycles. The van der Waals surface area contributed by atoms with Gasteiger partial charge in [-0.3, -0.25) is 0 Å². The molecule has 0 aliphatic carbocycles. The minimum Gasteiger partial charge on any atom is -0.381 e. The van der Waals surface area contributed by atoms with Crippen LogP contribution in [-0.4, -0.2) is 75.5 Å². The molecule has 75 heavy (non-hydrogen) atoms. The third-order valence-corrected chi connectivity index (χ3v) is 24.0. The summed E-state index contributed by atoms with van der Waals surface area (Å²) < 4.78 is 9.89. The molecule has 2 fully saturated rings. The molecule has 10 rings (SSSR count). The molecular weight excluding hydrogens is 1170 g/mol. The first kappa shape index (κ1) is 62.4. The molecule has 0 saturated carbocycles. The van der Waals surface area contributed by atoms with Crippen molar-refractivity contribution >= 4 is 74.1 Å². The van der Waals surface area contributed by atoms with Gasteiger partial charge in [0.1, 0.15) is 25.1 Å². The molecule has 0 amide bonds. The van der Waals surface area contributed by atoms with Gasteiger partial charge < -0.3 is 9.47 Å². The Labute approximate surface area is 467 Å². The summed E-state index contributed by atoms with van der Waals surface area (Å²) >= 11 is 0. The molecule has 0 N–H and O–H groups in total. The van der Waals surface area contributed by atoms with Crippen LogP contribution < -0.4 is 42.4 Å². The van der Waals surface area contributed by atoms with Gasteiger partial charge >= 0.3 is 0 Å². The maximum atomic E-state index is 6.00. The van der Waals surface area contributed by atoms with Crippen molar-refractivity contribution in [1.29, 1.82) is 21.6 Å². The molecule has 2 aliphatic heterocycles. The van der Waals surface area contributed by atoms with E-state index in [2.05, 4.69) is 267 Å². The summed E-state index contributed by atoms with van der Waals surface area (Å²) in [5.41, 5.74) is 0. The van der Waals surface area contributed by atoms with E-state index in [0.717, 1.165) is 51.6 Å². The molecule has 8 nitrogen and oxygen atoms in total. The maximum Gasteiger partial charge on any atom is 0.121 e. The average molecular weight is 1240 g/mol. The van der Waals surface area contributed by atoms with Gasteiger partial charge in [-0.15, -0.1) is 0 Å². The Morgan fingerprint density at radius 3 is 0.520 bits per heavy atom. The van der Waals surface area contributed by atoms with E-state index in [9.17, 15) is 0 Å². The molecule has 2 saturated heterocycles. The normalized spacial score (nSPS) is 12.3. The summed E-state index contributed by atoms with van der Waals surface area (Å²) in [6.07, 6.45) is 9.53. The molecule has 8 aromatic carbocycles. The molecule has 8 aromatic rings. The smallest absolute Gasteiger partial charge is 0.121 e. The quantitative estimate of drug-likeness (QED) is 0.0693. The standard InChI is InChI=1S/2C27H27NP2.2C4H8O.2N2.W/c2*1-28(22-29(24-14-6-2-7-15-24)25-16-8-3-9-17-25)23-30(26-18-10-4-11-19-26)27-20-12-5-13-21-27;2*1-2-4-5-3-1;2*1-2;/h2*2-21H,22-23H2,1H3;2*1-4H2;;;/p+4. The molecule has 0 spiro atoms.